The molecule has 0 unspecified atom stereocenters. The van der Waals surface area contributed by atoms with Crippen molar-refractivity contribution in [3.63, 3.8) is 0 Å². The first-order valence-electron chi connectivity index (χ1n) is 6.45. The maximum Gasteiger partial charge on any atom is 0.417 e. The van der Waals surface area contributed by atoms with Gasteiger partial charge in [-0.15, -0.1) is 0 Å². The van der Waals surface area contributed by atoms with E-state index in [9.17, 15) is 23.1 Å². The van der Waals surface area contributed by atoms with Gasteiger partial charge in [-0.1, -0.05) is 23.2 Å². The Balaban J connectivity index is 2.41. The lowest BCUT2D eigenvalue weighted by molar-refractivity contribution is -0.249. The van der Waals surface area contributed by atoms with Gasteiger partial charge in [0.25, 0.3) is 0 Å². The van der Waals surface area contributed by atoms with Gasteiger partial charge < -0.3 is 9.90 Å². The molecule has 0 aliphatic carbocycles. The lowest BCUT2D eigenvalue weighted by atomic mass is 10.0. The highest BCUT2D eigenvalue weighted by atomic mass is 35.5. The summed E-state index contributed by atoms with van der Waals surface area (Å²) in [5, 5.41) is 11.8. The first kappa shape index (κ1) is 16.6. The molecule has 0 atom stereocenters. The Morgan fingerprint density at radius 2 is 1.83 bits per heavy atom. The average molecular weight is 374 g/mol. The van der Waals surface area contributed by atoms with Crippen molar-refractivity contribution in [2.75, 3.05) is 0 Å². The van der Waals surface area contributed by atoms with Crippen LogP contribution in [0.15, 0.2) is 36.4 Å². The molecular weight excluding hydrogens is 368 g/mol. The van der Waals surface area contributed by atoms with Crippen LogP contribution in [0.3, 0.4) is 0 Å². The van der Waals surface area contributed by atoms with Gasteiger partial charge in [-0.05, 0) is 36.4 Å². The van der Waals surface area contributed by atoms with Crippen molar-refractivity contribution >= 4 is 40.3 Å². The van der Waals surface area contributed by atoms with E-state index in [1.54, 1.807) is 0 Å². The summed E-state index contributed by atoms with van der Waals surface area (Å²) in [6.07, 6.45) is -6.43. The molecule has 4 nitrogen and oxygen atoms in total. The minimum absolute atomic E-state index is 0.00297. The van der Waals surface area contributed by atoms with Crippen molar-refractivity contribution < 1.29 is 23.1 Å². The van der Waals surface area contributed by atoms with E-state index in [1.165, 1.54) is 18.2 Å². The van der Waals surface area contributed by atoms with E-state index >= 15 is 0 Å². The Bertz CT molecular complexity index is 967. The Kier molecular flexibility index (Phi) is 3.93. The zero-order valence-electron chi connectivity index (χ0n) is 11.6. The number of aromatic nitrogens is 2. The number of halogens is 5. The molecule has 0 saturated carbocycles. The number of hydrogen-bond donors (Lipinski definition) is 0. The van der Waals surface area contributed by atoms with E-state index in [0.29, 0.717) is 9.95 Å². The lowest BCUT2D eigenvalue weighted by Crippen LogP contribution is -2.29. The second-order valence-corrected chi connectivity index (χ2v) is 5.69. The van der Waals surface area contributed by atoms with Gasteiger partial charge >= 0.3 is 6.18 Å². The van der Waals surface area contributed by atoms with Gasteiger partial charge in [0.2, 0.25) is 0 Å². The maximum absolute atomic E-state index is 13.3. The third kappa shape index (κ3) is 2.81. The van der Waals surface area contributed by atoms with Gasteiger partial charge in [-0.25, -0.2) is 4.98 Å². The maximum atomic E-state index is 13.3. The Labute approximate surface area is 143 Å². The van der Waals surface area contributed by atoms with Crippen LogP contribution in [0, 0.1) is 0 Å². The molecule has 0 aliphatic rings. The van der Waals surface area contributed by atoms with Gasteiger partial charge in [-0.3, -0.25) is 4.57 Å². The van der Waals surface area contributed by atoms with Crippen LogP contribution in [0.2, 0.25) is 10.2 Å². The summed E-state index contributed by atoms with van der Waals surface area (Å²) in [6, 6.07) is 7.01. The molecule has 0 N–H and O–H groups in total. The monoisotopic (exact) mass is 373 g/mol. The summed E-state index contributed by atoms with van der Waals surface area (Å²) >= 11 is 11.5. The quantitative estimate of drug-likeness (QED) is 0.600. The number of fused-ring (bicyclic) bond motifs is 1. The molecule has 3 rings (SSSR count). The molecule has 124 valence electrons. The highest BCUT2D eigenvalue weighted by Crippen LogP contribution is 2.40. The molecule has 3 aromatic rings. The van der Waals surface area contributed by atoms with E-state index < -0.39 is 23.4 Å². The second-order valence-electron chi connectivity index (χ2n) is 4.87. The SMILES string of the molecule is O=C([O-])n1c(-c2cc(Cl)ccc2C(F)(F)F)cc2ccc(Cl)nc21. The number of benzene rings is 1. The summed E-state index contributed by atoms with van der Waals surface area (Å²) < 4.78 is 40.3. The number of carbonyl (C=O) groups is 1. The molecule has 0 bridgehead atoms. The van der Waals surface area contributed by atoms with E-state index in [0.717, 1.165) is 18.2 Å². The Morgan fingerprint density at radius 3 is 2.46 bits per heavy atom. The van der Waals surface area contributed by atoms with Crippen LogP contribution in [0.25, 0.3) is 22.3 Å². The van der Waals surface area contributed by atoms with E-state index in [4.69, 9.17) is 23.2 Å². The molecule has 24 heavy (non-hydrogen) atoms. The van der Waals surface area contributed by atoms with Crippen molar-refractivity contribution in [3.05, 3.63) is 52.1 Å². The van der Waals surface area contributed by atoms with Crippen molar-refractivity contribution in [3.8, 4) is 11.3 Å². The van der Waals surface area contributed by atoms with Gasteiger partial charge in [-0.2, -0.15) is 13.2 Å². The third-order valence-electron chi connectivity index (χ3n) is 3.36. The molecule has 2 aromatic heterocycles. The highest BCUT2D eigenvalue weighted by molar-refractivity contribution is 6.31. The zero-order chi connectivity index (χ0) is 17.6. The van der Waals surface area contributed by atoms with E-state index in [1.807, 2.05) is 0 Å². The fourth-order valence-electron chi connectivity index (χ4n) is 2.41. The molecule has 2 heterocycles. The number of alkyl halides is 3. The standard InChI is InChI=1S/C15H7Cl2F3N2O2/c16-8-2-3-10(15(18,19)20)9(6-8)11-5-7-1-4-12(17)21-13(7)22(11)14(23)24/h1-6H,(H,23,24)/p-1. The van der Waals surface area contributed by atoms with Crippen LogP contribution in [0.1, 0.15) is 5.56 Å². The molecular formula is C15H6Cl2F3N2O2-. The Hall–Kier alpha value is -2.25. The van der Waals surface area contributed by atoms with Gasteiger partial charge in [0.1, 0.15) is 16.9 Å². The summed E-state index contributed by atoms with van der Waals surface area (Å²) in [6.45, 7) is 0. The summed E-state index contributed by atoms with van der Waals surface area (Å²) in [5.41, 5.74) is -1.79. The summed E-state index contributed by atoms with van der Waals surface area (Å²) in [7, 11) is 0. The fourth-order valence-corrected chi connectivity index (χ4v) is 2.73. The Morgan fingerprint density at radius 1 is 1.12 bits per heavy atom. The normalized spacial score (nSPS) is 11.9. The fraction of sp³-hybridized carbons (Fsp3) is 0.0667. The van der Waals surface area contributed by atoms with Crippen molar-refractivity contribution in [1.29, 1.82) is 0 Å². The van der Waals surface area contributed by atoms with Crippen LogP contribution in [0.5, 0.6) is 0 Å². The van der Waals surface area contributed by atoms with Gasteiger partial charge in [0, 0.05) is 16.0 Å². The van der Waals surface area contributed by atoms with Crippen molar-refractivity contribution in [2.45, 2.75) is 6.18 Å². The largest absolute Gasteiger partial charge is 0.529 e. The molecule has 0 spiro atoms. The second kappa shape index (κ2) is 5.68. The lowest BCUT2D eigenvalue weighted by Gasteiger charge is -2.16. The van der Waals surface area contributed by atoms with Crippen molar-refractivity contribution in [2.24, 2.45) is 0 Å². The zero-order valence-corrected chi connectivity index (χ0v) is 13.1. The molecule has 0 fully saturated rings. The van der Waals surface area contributed by atoms with Crippen LogP contribution in [-0.2, 0) is 6.18 Å². The predicted molar refractivity (Wildman–Crippen MR) is 81.0 cm³/mol. The number of rotatable bonds is 1. The molecule has 0 aliphatic heterocycles. The summed E-state index contributed by atoms with van der Waals surface area (Å²) in [5.74, 6) is 0. The van der Waals surface area contributed by atoms with Crippen molar-refractivity contribution in [1.82, 2.24) is 9.55 Å². The summed E-state index contributed by atoms with van der Waals surface area (Å²) in [4.78, 5) is 15.3. The number of carboxylic acid groups (broad SMARTS) is 1. The number of nitrogens with zero attached hydrogens (tertiary/aromatic N) is 2. The number of carbonyl (C=O) groups excluding carboxylic acids is 1. The molecule has 9 heteroatoms. The van der Waals surface area contributed by atoms with Crippen LogP contribution >= 0.6 is 23.2 Å². The third-order valence-corrected chi connectivity index (χ3v) is 3.81. The highest BCUT2D eigenvalue weighted by Gasteiger charge is 2.34. The van der Waals surface area contributed by atoms with Crippen LogP contribution < -0.4 is 5.11 Å². The molecule has 0 saturated heterocycles. The van der Waals surface area contributed by atoms with Crippen LogP contribution in [0.4, 0.5) is 18.0 Å². The van der Waals surface area contributed by atoms with Gasteiger partial charge in [0.05, 0.1) is 11.3 Å². The first-order chi connectivity index (χ1) is 11.2. The number of hydrogen-bond acceptors (Lipinski definition) is 3. The minimum atomic E-state index is -4.70. The molecule has 1 aromatic carbocycles. The van der Waals surface area contributed by atoms with E-state index in [-0.39, 0.29) is 21.5 Å². The topological polar surface area (TPSA) is 57.9 Å². The van der Waals surface area contributed by atoms with E-state index in [2.05, 4.69) is 4.98 Å². The molecule has 0 amide bonds. The number of pyridine rings is 1. The average Bonchev–Trinajstić information content (AvgIpc) is 2.84. The minimum Gasteiger partial charge on any atom is -0.529 e. The smallest absolute Gasteiger partial charge is 0.417 e. The predicted octanol–water partition coefficient (Wildman–Crippen LogP) is 4.22. The van der Waals surface area contributed by atoms with Gasteiger partial charge in [0.15, 0.2) is 0 Å². The van der Waals surface area contributed by atoms with Crippen LogP contribution in [-0.4, -0.2) is 15.6 Å². The first-order valence-corrected chi connectivity index (χ1v) is 7.20. The molecule has 0 radical (unpaired) electrons.